The van der Waals surface area contributed by atoms with Crippen molar-refractivity contribution >= 4 is 11.2 Å². The van der Waals surface area contributed by atoms with E-state index in [9.17, 15) is 0 Å². The molecule has 0 N–H and O–H groups in total. The van der Waals surface area contributed by atoms with Crippen molar-refractivity contribution in [1.82, 2.24) is 19.9 Å². The fourth-order valence-electron chi connectivity index (χ4n) is 1.51. The lowest BCUT2D eigenvalue weighted by Crippen LogP contribution is -1.90. The third-order valence-electron chi connectivity index (χ3n) is 2.29. The lowest BCUT2D eigenvalue weighted by molar-refractivity contribution is 1.22. The first-order chi connectivity index (χ1) is 7.93. The van der Waals surface area contributed by atoms with E-state index in [-0.39, 0.29) is 0 Å². The molecule has 4 nitrogen and oxygen atoms in total. The Hall–Kier alpha value is -2.36. The first-order valence-corrected chi connectivity index (χ1v) is 4.92. The van der Waals surface area contributed by atoms with Gasteiger partial charge < -0.3 is 0 Å². The first kappa shape index (κ1) is 8.91. The lowest BCUT2D eigenvalue weighted by Gasteiger charge is -2.00. The molecule has 16 heavy (non-hydrogen) atoms. The molecule has 0 aliphatic heterocycles. The zero-order valence-electron chi connectivity index (χ0n) is 8.41. The number of fused-ring (bicyclic) bond motifs is 1. The Bertz CT molecular complexity index is 622. The van der Waals surface area contributed by atoms with Crippen LogP contribution >= 0.6 is 0 Å². The molecule has 0 radical (unpaired) electrons. The van der Waals surface area contributed by atoms with Gasteiger partial charge in [0.25, 0.3) is 0 Å². The molecule has 3 aromatic rings. The summed E-state index contributed by atoms with van der Waals surface area (Å²) in [6, 6.07) is 7.55. The predicted molar refractivity (Wildman–Crippen MR) is 60.6 cm³/mol. The van der Waals surface area contributed by atoms with Crippen LogP contribution in [0.1, 0.15) is 0 Å². The quantitative estimate of drug-likeness (QED) is 0.614. The van der Waals surface area contributed by atoms with Crippen LogP contribution < -0.4 is 0 Å². The van der Waals surface area contributed by atoms with E-state index in [4.69, 9.17) is 0 Å². The van der Waals surface area contributed by atoms with Gasteiger partial charge in [-0.05, 0) is 24.3 Å². The van der Waals surface area contributed by atoms with Gasteiger partial charge in [0, 0.05) is 24.2 Å². The smallest absolute Gasteiger partial charge is 0.178 e. The molecular weight excluding hydrogens is 200 g/mol. The Labute approximate surface area is 92.0 Å². The van der Waals surface area contributed by atoms with E-state index in [0.29, 0.717) is 5.65 Å². The van der Waals surface area contributed by atoms with E-state index in [2.05, 4.69) is 19.9 Å². The molecule has 76 valence electrons. The molecule has 0 atom stereocenters. The van der Waals surface area contributed by atoms with Crippen LogP contribution in [0.2, 0.25) is 0 Å². The Morgan fingerprint density at radius 2 is 1.75 bits per heavy atom. The second kappa shape index (κ2) is 3.66. The maximum Gasteiger partial charge on any atom is 0.178 e. The molecule has 0 unspecified atom stereocenters. The number of hydrogen-bond donors (Lipinski definition) is 0. The van der Waals surface area contributed by atoms with Crippen LogP contribution in [-0.4, -0.2) is 19.9 Å². The van der Waals surface area contributed by atoms with Crippen LogP contribution in [0, 0.1) is 0 Å². The Morgan fingerprint density at radius 3 is 2.62 bits per heavy atom. The number of hydrogen-bond acceptors (Lipinski definition) is 4. The lowest BCUT2D eigenvalue weighted by atomic mass is 10.2. The van der Waals surface area contributed by atoms with Crippen molar-refractivity contribution in [2.45, 2.75) is 0 Å². The van der Waals surface area contributed by atoms with Crippen molar-refractivity contribution < 1.29 is 0 Å². The van der Waals surface area contributed by atoms with Crippen LogP contribution in [0.4, 0.5) is 0 Å². The fourth-order valence-corrected chi connectivity index (χ4v) is 1.51. The Kier molecular flexibility index (Phi) is 2.04. The van der Waals surface area contributed by atoms with Crippen LogP contribution in [0.3, 0.4) is 0 Å². The van der Waals surface area contributed by atoms with E-state index in [1.165, 1.54) is 0 Å². The van der Waals surface area contributed by atoms with E-state index >= 15 is 0 Å². The van der Waals surface area contributed by atoms with Gasteiger partial charge >= 0.3 is 0 Å². The second-order valence-electron chi connectivity index (χ2n) is 3.34. The second-order valence-corrected chi connectivity index (χ2v) is 3.34. The minimum Gasteiger partial charge on any atom is -0.265 e. The topological polar surface area (TPSA) is 51.6 Å². The van der Waals surface area contributed by atoms with Crippen LogP contribution in [0.15, 0.2) is 49.1 Å². The summed E-state index contributed by atoms with van der Waals surface area (Å²) in [5.74, 6) is 0. The average Bonchev–Trinajstić information content (AvgIpc) is 2.39. The Balaban J connectivity index is 2.19. The summed E-state index contributed by atoms with van der Waals surface area (Å²) in [4.78, 5) is 16.9. The van der Waals surface area contributed by atoms with Gasteiger partial charge in [-0.3, -0.25) is 9.97 Å². The normalized spacial score (nSPS) is 10.5. The fraction of sp³-hybridized carbons (Fsp3) is 0. The van der Waals surface area contributed by atoms with Crippen molar-refractivity contribution in [2.75, 3.05) is 0 Å². The van der Waals surface area contributed by atoms with E-state index in [1.54, 1.807) is 24.8 Å². The molecule has 4 heteroatoms. The van der Waals surface area contributed by atoms with Crippen LogP contribution in [0.5, 0.6) is 0 Å². The molecule has 0 saturated carbocycles. The van der Waals surface area contributed by atoms with Gasteiger partial charge in [-0.1, -0.05) is 0 Å². The summed E-state index contributed by atoms with van der Waals surface area (Å²) in [7, 11) is 0. The zero-order chi connectivity index (χ0) is 10.8. The van der Waals surface area contributed by atoms with E-state index in [1.807, 2.05) is 24.3 Å². The minimum atomic E-state index is 0.664. The average molecular weight is 208 g/mol. The van der Waals surface area contributed by atoms with Crippen molar-refractivity contribution in [2.24, 2.45) is 0 Å². The summed E-state index contributed by atoms with van der Waals surface area (Å²) in [6.07, 6.45) is 6.94. The van der Waals surface area contributed by atoms with Crippen molar-refractivity contribution in [3.05, 3.63) is 49.1 Å². The first-order valence-electron chi connectivity index (χ1n) is 4.92. The van der Waals surface area contributed by atoms with Crippen molar-refractivity contribution in [3.8, 4) is 11.3 Å². The molecule has 0 amide bonds. The molecule has 0 aliphatic carbocycles. The molecule has 3 heterocycles. The molecule has 0 bridgehead atoms. The van der Waals surface area contributed by atoms with Gasteiger partial charge in [-0.25, -0.2) is 9.97 Å². The van der Waals surface area contributed by atoms with Gasteiger partial charge in [0.1, 0.15) is 5.52 Å². The summed E-state index contributed by atoms with van der Waals surface area (Å²) in [5.41, 5.74) is 3.28. The van der Waals surface area contributed by atoms with Gasteiger partial charge in [0.15, 0.2) is 5.65 Å². The largest absolute Gasteiger partial charge is 0.265 e. The number of rotatable bonds is 1. The van der Waals surface area contributed by atoms with Crippen molar-refractivity contribution in [1.29, 1.82) is 0 Å². The molecule has 0 aliphatic rings. The molecule has 0 fully saturated rings. The highest BCUT2D eigenvalue weighted by molar-refractivity contribution is 5.72. The van der Waals surface area contributed by atoms with Crippen molar-refractivity contribution in [3.63, 3.8) is 0 Å². The number of pyridine rings is 2. The standard InChI is InChI=1S/C12H8N4/c1-2-10-12(14-5-1)16-11(8-15-10)9-3-6-13-7-4-9/h1-8H. The van der Waals surface area contributed by atoms with E-state index < -0.39 is 0 Å². The summed E-state index contributed by atoms with van der Waals surface area (Å²) >= 11 is 0. The molecular formula is C12H8N4. The molecule has 0 saturated heterocycles. The molecule has 3 rings (SSSR count). The third-order valence-corrected chi connectivity index (χ3v) is 2.29. The van der Waals surface area contributed by atoms with Gasteiger partial charge in [0.2, 0.25) is 0 Å². The maximum atomic E-state index is 4.44. The summed E-state index contributed by atoms with van der Waals surface area (Å²) < 4.78 is 0. The predicted octanol–water partition coefficient (Wildman–Crippen LogP) is 2.09. The highest BCUT2D eigenvalue weighted by Gasteiger charge is 2.01. The number of nitrogens with zero attached hydrogens (tertiary/aromatic N) is 4. The van der Waals surface area contributed by atoms with Gasteiger partial charge in [-0.2, -0.15) is 0 Å². The zero-order valence-corrected chi connectivity index (χ0v) is 8.41. The number of aromatic nitrogens is 4. The maximum absolute atomic E-state index is 4.44. The van der Waals surface area contributed by atoms with Crippen LogP contribution in [0.25, 0.3) is 22.4 Å². The van der Waals surface area contributed by atoms with E-state index in [0.717, 1.165) is 16.8 Å². The minimum absolute atomic E-state index is 0.664. The summed E-state index contributed by atoms with van der Waals surface area (Å²) in [6.45, 7) is 0. The highest BCUT2D eigenvalue weighted by Crippen LogP contribution is 2.16. The molecule has 0 spiro atoms. The monoisotopic (exact) mass is 208 g/mol. The Morgan fingerprint density at radius 1 is 0.875 bits per heavy atom. The van der Waals surface area contributed by atoms with Crippen LogP contribution in [-0.2, 0) is 0 Å². The van der Waals surface area contributed by atoms with Gasteiger partial charge in [0.05, 0.1) is 11.9 Å². The summed E-state index contributed by atoms with van der Waals surface area (Å²) in [5, 5.41) is 0. The SMILES string of the molecule is c1cnc2nc(-c3ccncc3)cnc2c1. The molecule has 3 aromatic heterocycles. The third kappa shape index (κ3) is 1.50. The van der Waals surface area contributed by atoms with Gasteiger partial charge in [-0.15, -0.1) is 0 Å². The molecule has 0 aromatic carbocycles. The highest BCUT2D eigenvalue weighted by atomic mass is 14.9.